The number of aromatic nitrogens is 1. The van der Waals surface area contributed by atoms with E-state index in [1.54, 1.807) is 24.3 Å². The van der Waals surface area contributed by atoms with Crippen LogP contribution in [0.25, 0.3) is 10.9 Å². The Morgan fingerprint density at radius 3 is 2.63 bits per heavy atom. The van der Waals surface area contributed by atoms with Gasteiger partial charge < -0.3 is 10.2 Å². The molecule has 0 unspecified atom stereocenters. The molecule has 0 aliphatic carbocycles. The molecule has 0 radical (unpaired) electrons. The monoisotopic (exact) mass is 387 g/mol. The van der Waals surface area contributed by atoms with Gasteiger partial charge in [-0.1, -0.05) is 6.07 Å². The molecule has 1 N–H and O–H groups in total. The number of nitrogens with one attached hydrogen (secondary N) is 1. The molecular formula is C20H22FN3O2S. The summed E-state index contributed by atoms with van der Waals surface area (Å²) in [6.45, 7) is 2.06. The molecular weight excluding hydrogens is 365 g/mol. The first kappa shape index (κ1) is 18.0. The molecule has 0 bridgehead atoms. The van der Waals surface area contributed by atoms with Gasteiger partial charge in [0, 0.05) is 23.3 Å². The van der Waals surface area contributed by atoms with Crippen LogP contribution >= 0.6 is 0 Å². The van der Waals surface area contributed by atoms with E-state index < -0.39 is 10.0 Å². The van der Waals surface area contributed by atoms with Gasteiger partial charge in [-0.15, -0.1) is 0 Å². The van der Waals surface area contributed by atoms with Crippen molar-refractivity contribution in [3.63, 3.8) is 0 Å². The fraction of sp³-hybridized carbons (Fsp3) is 0.300. The second-order valence-electron chi connectivity index (χ2n) is 7.07. The first-order chi connectivity index (χ1) is 12.9. The van der Waals surface area contributed by atoms with E-state index in [1.807, 2.05) is 6.07 Å². The van der Waals surface area contributed by atoms with Crippen LogP contribution in [0.15, 0.2) is 59.6 Å². The lowest BCUT2D eigenvalue weighted by Gasteiger charge is -2.30. The van der Waals surface area contributed by atoms with Crippen molar-refractivity contribution in [3.05, 3.63) is 60.5 Å². The normalized spacial score (nSPS) is 16.7. The molecule has 3 aromatic rings. The lowest BCUT2D eigenvalue weighted by Crippen LogP contribution is -2.36. The van der Waals surface area contributed by atoms with E-state index in [9.17, 15) is 12.8 Å². The Hall–Kier alpha value is -2.38. The maximum atomic E-state index is 13.4. The summed E-state index contributed by atoms with van der Waals surface area (Å²) in [7, 11) is -1.65. The van der Waals surface area contributed by atoms with Crippen LogP contribution in [0.3, 0.4) is 0 Å². The van der Waals surface area contributed by atoms with Gasteiger partial charge in [-0.05, 0) is 75.4 Å². The van der Waals surface area contributed by atoms with Crippen molar-refractivity contribution in [2.75, 3.05) is 25.5 Å². The third-order valence-corrected chi connectivity index (χ3v) is 6.78. The first-order valence-electron chi connectivity index (χ1n) is 9.01. The van der Waals surface area contributed by atoms with Gasteiger partial charge in [0.2, 0.25) is 0 Å². The highest BCUT2D eigenvalue weighted by Gasteiger charge is 2.21. The minimum atomic E-state index is -3.76. The number of rotatable bonds is 4. The van der Waals surface area contributed by atoms with E-state index in [0.29, 0.717) is 16.9 Å². The van der Waals surface area contributed by atoms with E-state index in [0.717, 1.165) is 31.6 Å². The summed E-state index contributed by atoms with van der Waals surface area (Å²) in [6.07, 6.45) is 3.53. The molecule has 2 aromatic carbocycles. The average Bonchev–Trinajstić information content (AvgIpc) is 3.07. The van der Waals surface area contributed by atoms with Gasteiger partial charge in [-0.2, -0.15) is 0 Å². The number of benzene rings is 2. The number of hydrogen-bond donors (Lipinski definition) is 1. The van der Waals surface area contributed by atoms with Crippen LogP contribution in [-0.4, -0.2) is 43.5 Å². The van der Waals surface area contributed by atoms with Crippen LogP contribution < -0.4 is 5.32 Å². The molecule has 1 saturated heterocycles. The van der Waals surface area contributed by atoms with Crippen LogP contribution in [0.1, 0.15) is 12.8 Å². The van der Waals surface area contributed by atoms with Gasteiger partial charge in [-0.25, -0.2) is 16.8 Å². The van der Waals surface area contributed by atoms with E-state index in [1.165, 1.54) is 28.4 Å². The molecule has 1 aliphatic rings. The molecule has 4 rings (SSSR count). The maximum Gasteiger partial charge on any atom is 0.268 e. The molecule has 2 heterocycles. The van der Waals surface area contributed by atoms with Crippen molar-refractivity contribution in [2.24, 2.45) is 0 Å². The highest BCUT2D eigenvalue weighted by molar-refractivity contribution is 7.90. The van der Waals surface area contributed by atoms with Crippen LogP contribution in [0.2, 0.25) is 0 Å². The van der Waals surface area contributed by atoms with Crippen molar-refractivity contribution < 1.29 is 12.8 Å². The zero-order valence-corrected chi connectivity index (χ0v) is 15.9. The number of likely N-dealkylation sites (tertiary alicyclic amines) is 1. The molecule has 142 valence electrons. The number of hydrogen-bond acceptors (Lipinski definition) is 4. The number of fused-ring (bicyclic) bond motifs is 1. The largest absolute Gasteiger partial charge is 0.382 e. The van der Waals surface area contributed by atoms with Gasteiger partial charge in [0.05, 0.1) is 10.4 Å². The van der Waals surface area contributed by atoms with Gasteiger partial charge in [-0.3, -0.25) is 0 Å². The number of nitrogens with zero attached hydrogens (tertiary/aromatic N) is 2. The zero-order chi connectivity index (χ0) is 19.0. The van der Waals surface area contributed by atoms with Gasteiger partial charge in [0.25, 0.3) is 10.0 Å². The van der Waals surface area contributed by atoms with Crippen LogP contribution in [0.5, 0.6) is 0 Å². The summed E-state index contributed by atoms with van der Waals surface area (Å²) in [5, 5.41) is 4.01. The Balaban J connectivity index is 1.64. The second kappa shape index (κ2) is 6.98. The van der Waals surface area contributed by atoms with E-state index in [4.69, 9.17) is 0 Å². The topological polar surface area (TPSA) is 54.3 Å². The lowest BCUT2D eigenvalue weighted by molar-refractivity contribution is 0.264. The van der Waals surface area contributed by atoms with Crippen molar-refractivity contribution in [2.45, 2.75) is 23.8 Å². The Morgan fingerprint density at radius 1 is 1.07 bits per heavy atom. The first-order valence-corrected chi connectivity index (χ1v) is 10.4. The highest BCUT2D eigenvalue weighted by atomic mass is 32.2. The Bertz CT molecular complexity index is 1070. The predicted molar refractivity (Wildman–Crippen MR) is 105 cm³/mol. The van der Waals surface area contributed by atoms with E-state index >= 15 is 0 Å². The minimum absolute atomic E-state index is 0.210. The molecule has 27 heavy (non-hydrogen) atoms. The van der Waals surface area contributed by atoms with E-state index in [-0.39, 0.29) is 10.7 Å². The summed E-state index contributed by atoms with van der Waals surface area (Å²) < 4.78 is 40.8. The van der Waals surface area contributed by atoms with Gasteiger partial charge >= 0.3 is 0 Å². The van der Waals surface area contributed by atoms with Crippen LogP contribution in [0.4, 0.5) is 10.1 Å². The Morgan fingerprint density at radius 2 is 1.85 bits per heavy atom. The maximum absolute atomic E-state index is 13.4. The van der Waals surface area contributed by atoms with E-state index in [2.05, 4.69) is 17.3 Å². The van der Waals surface area contributed by atoms with Crippen molar-refractivity contribution in [1.82, 2.24) is 8.87 Å². The minimum Gasteiger partial charge on any atom is -0.382 e. The fourth-order valence-corrected chi connectivity index (χ4v) is 4.95. The summed E-state index contributed by atoms with van der Waals surface area (Å²) in [6, 6.07) is 12.9. The third-order valence-electron chi connectivity index (χ3n) is 5.10. The average molecular weight is 387 g/mol. The van der Waals surface area contributed by atoms with Crippen molar-refractivity contribution in [1.29, 1.82) is 0 Å². The molecule has 1 aliphatic heterocycles. The summed E-state index contributed by atoms with van der Waals surface area (Å²) in [4.78, 5) is 2.50. The fourth-order valence-electron chi connectivity index (χ4n) is 3.55. The van der Waals surface area contributed by atoms with Gasteiger partial charge in [0.1, 0.15) is 5.82 Å². The summed E-state index contributed by atoms with van der Waals surface area (Å²) >= 11 is 0. The SMILES string of the molecule is CN1CCC(Nc2cccc(S(=O)(=O)n3ccc4cc(F)ccc43)c2)CC1. The zero-order valence-electron chi connectivity index (χ0n) is 15.1. The van der Waals surface area contributed by atoms with Crippen LogP contribution in [0, 0.1) is 5.82 Å². The number of piperidine rings is 1. The van der Waals surface area contributed by atoms with Crippen molar-refractivity contribution in [3.8, 4) is 0 Å². The highest BCUT2D eigenvalue weighted by Crippen LogP contribution is 2.25. The number of anilines is 1. The predicted octanol–water partition coefficient (Wildman–Crippen LogP) is 3.52. The molecule has 0 spiro atoms. The van der Waals surface area contributed by atoms with Crippen LogP contribution in [-0.2, 0) is 10.0 Å². The van der Waals surface area contributed by atoms with Gasteiger partial charge in [0.15, 0.2) is 0 Å². The molecule has 0 saturated carbocycles. The number of halogens is 1. The molecule has 5 nitrogen and oxygen atoms in total. The molecule has 0 atom stereocenters. The standard InChI is InChI=1S/C20H22FN3O2S/c1-23-10-8-17(9-11-23)22-18-3-2-4-19(14-18)27(25,26)24-12-7-15-13-16(21)5-6-20(15)24/h2-7,12-14,17,22H,8-11H2,1H3. The Labute approximate surface area is 158 Å². The lowest BCUT2D eigenvalue weighted by atomic mass is 10.1. The summed E-state index contributed by atoms with van der Waals surface area (Å²) in [5.41, 5.74) is 1.26. The smallest absolute Gasteiger partial charge is 0.268 e. The summed E-state index contributed by atoms with van der Waals surface area (Å²) in [5.74, 6) is -0.387. The second-order valence-corrected chi connectivity index (χ2v) is 8.88. The molecule has 0 amide bonds. The Kier molecular flexibility index (Phi) is 4.65. The quantitative estimate of drug-likeness (QED) is 0.744. The molecule has 1 aromatic heterocycles. The third kappa shape index (κ3) is 3.57. The molecule has 1 fully saturated rings. The molecule has 7 heteroatoms. The van der Waals surface area contributed by atoms with Crippen molar-refractivity contribution >= 4 is 26.6 Å².